The molecule has 0 amide bonds. The van der Waals surface area contributed by atoms with Crippen molar-refractivity contribution in [3.63, 3.8) is 0 Å². The molecule has 0 radical (unpaired) electrons. The smallest absolute Gasteiger partial charge is 0.328 e. The minimum Gasteiger partial charge on any atom is -0.478 e. The fraction of sp³-hybridized carbons (Fsp3) is 0.250. The van der Waals surface area contributed by atoms with Crippen molar-refractivity contribution in [3.8, 4) is 5.69 Å². The van der Waals surface area contributed by atoms with Crippen LogP contribution in [0.1, 0.15) is 30.8 Å². The van der Waals surface area contributed by atoms with Crippen LogP contribution >= 0.6 is 0 Å². The van der Waals surface area contributed by atoms with Crippen molar-refractivity contribution in [3.05, 3.63) is 53.1 Å². The summed E-state index contributed by atoms with van der Waals surface area (Å²) in [6.07, 6.45) is 3.89. The second-order valence-corrected chi connectivity index (χ2v) is 4.63. The normalized spacial score (nSPS) is 11.2. The van der Waals surface area contributed by atoms with Crippen molar-refractivity contribution >= 4 is 12.0 Å². The zero-order valence-corrected chi connectivity index (χ0v) is 12.0. The molecule has 0 unspecified atom stereocenters. The van der Waals surface area contributed by atoms with Crippen LogP contribution in [-0.2, 0) is 17.6 Å². The zero-order chi connectivity index (χ0) is 15.4. The molecule has 4 nitrogen and oxygen atoms in total. The van der Waals surface area contributed by atoms with Crippen molar-refractivity contribution in [1.29, 1.82) is 0 Å². The summed E-state index contributed by atoms with van der Waals surface area (Å²) in [5, 5.41) is 13.0. The minimum absolute atomic E-state index is 0.374. The lowest BCUT2D eigenvalue weighted by molar-refractivity contribution is -0.131. The molecule has 1 heterocycles. The van der Waals surface area contributed by atoms with Gasteiger partial charge in [0.25, 0.3) is 0 Å². The van der Waals surface area contributed by atoms with Crippen molar-refractivity contribution in [1.82, 2.24) is 9.78 Å². The van der Waals surface area contributed by atoms with E-state index in [1.807, 2.05) is 19.9 Å². The van der Waals surface area contributed by atoms with E-state index in [9.17, 15) is 9.18 Å². The summed E-state index contributed by atoms with van der Waals surface area (Å²) in [7, 11) is 0. The molecule has 2 rings (SSSR count). The first-order chi connectivity index (χ1) is 10.0. The Bertz CT molecular complexity index is 690. The van der Waals surface area contributed by atoms with E-state index in [-0.39, 0.29) is 0 Å². The Balaban J connectivity index is 2.41. The topological polar surface area (TPSA) is 55.1 Å². The molecular weight excluding hydrogens is 271 g/mol. The highest BCUT2D eigenvalue weighted by Gasteiger charge is 2.11. The number of benzene rings is 1. The highest BCUT2D eigenvalue weighted by molar-refractivity contribution is 5.85. The lowest BCUT2D eigenvalue weighted by Crippen LogP contribution is -2.04. The Labute approximate surface area is 122 Å². The van der Waals surface area contributed by atoms with Gasteiger partial charge in [-0.1, -0.05) is 19.9 Å². The van der Waals surface area contributed by atoms with Gasteiger partial charge in [-0.05, 0) is 42.7 Å². The highest BCUT2D eigenvalue weighted by Crippen LogP contribution is 2.19. The van der Waals surface area contributed by atoms with Crippen LogP contribution in [0.5, 0.6) is 0 Å². The molecule has 21 heavy (non-hydrogen) atoms. The molecule has 0 saturated heterocycles. The molecule has 0 aliphatic heterocycles. The maximum Gasteiger partial charge on any atom is 0.328 e. The van der Waals surface area contributed by atoms with E-state index in [0.717, 1.165) is 30.3 Å². The molecule has 110 valence electrons. The molecule has 0 fully saturated rings. The van der Waals surface area contributed by atoms with Gasteiger partial charge in [-0.25, -0.2) is 13.9 Å². The third kappa shape index (κ3) is 3.37. The second-order valence-electron chi connectivity index (χ2n) is 4.63. The van der Waals surface area contributed by atoms with E-state index in [1.165, 1.54) is 12.1 Å². The predicted octanol–water partition coefficient (Wildman–Crippen LogP) is 3.23. The van der Waals surface area contributed by atoms with Gasteiger partial charge in [0.05, 0.1) is 5.69 Å². The van der Waals surface area contributed by atoms with E-state index in [0.29, 0.717) is 11.3 Å². The number of carboxylic acid groups (broad SMARTS) is 1. The van der Waals surface area contributed by atoms with Crippen LogP contribution < -0.4 is 0 Å². The molecule has 0 saturated carbocycles. The van der Waals surface area contributed by atoms with Crippen molar-refractivity contribution < 1.29 is 14.3 Å². The molecule has 0 bridgehead atoms. The number of aliphatic carboxylic acids is 1. The average molecular weight is 288 g/mol. The van der Waals surface area contributed by atoms with Crippen LogP contribution in [0.4, 0.5) is 4.39 Å². The van der Waals surface area contributed by atoms with Gasteiger partial charge in [-0.2, -0.15) is 5.10 Å². The van der Waals surface area contributed by atoms with Crippen LogP contribution in [-0.4, -0.2) is 20.9 Å². The molecule has 1 aromatic heterocycles. The summed E-state index contributed by atoms with van der Waals surface area (Å²) in [6.45, 7) is 4.00. The molecule has 0 aliphatic rings. The average Bonchev–Trinajstić information content (AvgIpc) is 2.88. The molecule has 0 spiro atoms. The Morgan fingerprint density at radius 1 is 1.33 bits per heavy atom. The van der Waals surface area contributed by atoms with Crippen LogP contribution in [0.3, 0.4) is 0 Å². The number of rotatable bonds is 5. The van der Waals surface area contributed by atoms with Gasteiger partial charge in [0, 0.05) is 11.8 Å². The SMILES string of the molecule is CCc1cc(CC)n(-c2ccc(/C=C/C(=O)O)cc2F)n1. The zero-order valence-electron chi connectivity index (χ0n) is 12.0. The Morgan fingerprint density at radius 2 is 2.10 bits per heavy atom. The minimum atomic E-state index is -1.06. The molecule has 1 aromatic carbocycles. The van der Waals surface area contributed by atoms with Crippen LogP contribution in [0.25, 0.3) is 11.8 Å². The summed E-state index contributed by atoms with van der Waals surface area (Å²) in [5.41, 5.74) is 2.74. The van der Waals surface area contributed by atoms with Crippen molar-refractivity contribution in [2.75, 3.05) is 0 Å². The second kappa shape index (κ2) is 6.35. The van der Waals surface area contributed by atoms with E-state index >= 15 is 0 Å². The van der Waals surface area contributed by atoms with Gasteiger partial charge >= 0.3 is 5.97 Å². The summed E-state index contributed by atoms with van der Waals surface area (Å²) in [6, 6.07) is 6.56. The molecular formula is C16H17FN2O2. The maximum atomic E-state index is 14.2. The molecule has 0 atom stereocenters. The molecule has 0 aliphatic carbocycles. The van der Waals surface area contributed by atoms with Gasteiger partial charge < -0.3 is 5.11 Å². The van der Waals surface area contributed by atoms with Crippen LogP contribution in [0, 0.1) is 5.82 Å². The van der Waals surface area contributed by atoms with E-state index in [2.05, 4.69) is 5.10 Å². The number of hydrogen-bond acceptors (Lipinski definition) is 2. The van der Waals surface area contributed by atoms with E-state index < -0.39 is 11.8 Å². The van der Waals surface area contributed by atoms with Gasteiger partial charge in [0.15, 0.2) is 0 Å². The predicted molar refractivity (Wildman–Crippen MR) is 78.9 cm³/mol. The summed E-state index contributed by atoms with van der Waals surface area (Å²) < 4.78 is 15.9. The van der Waals surface area contributed by atoms with Crippen LogP contribution in [0.2, 0.25) is 0 Å². The number of hydrogen-bond donors (Lipinski definition) is 1. The quantitative estimate of drug-likeness (QED) is 0.859. The lowest BCUT2D eigenvalue weighted by atomic mass is 10.1. The maximum absolute atomic E-state index is 14.2. The van der Waals surface area contributed by atoms with Crippen LogP contribution in [0.15, 0.2) is 30.3 Å². The number of aryl methyl sites for hydroxylation is 2. The lowest BCUT2D eigenvalue weighted by Gasteiger charge is -2.07. The third-order valence-corrected chi connectivity index (χ3v) is 3.18. The van der Waals surface area contributed by atoms with Gasteiger partial charge in [-0.3, -0.25) is 0 Å². The summed E-state index contributed by atoms with van der Waals surface area (Å²) >= 11 is 0. The summed E-state index contributed by atoms with van der Waals surface area (Å²) in [5.74, 6) is -1.49. The standard InChI is InChI=1S/C16H17FN2O2/c1-3-12-10-13(4-2)19(18-12)15-7-5-11(9-14(15)17)6-8-16(20)21/h5-10H,3-4H2,1-2H3,(H,20,21)/b8-6+. The first kappa shape index (κ1) is 15.0. The number of carboxylic acids is 1. The van der Waals surface area contributed by atoms with Gasteiger partial charge in [-0.15, -0.1) is 0 Å². The van der Waals surface area contributed by atoms with Crippen molar-refractivity contribution in [2.24, 2.45) is 0 Å². The monoisotopic (exact) mass is 288 g/mol. The molecule has 1 N–H and O–H groups in total. The molecule has 2 aromatic rings. The van der Waals surface area contributed by atoms with Crippen molar-refractivity contribution in [2.45, 2.75) is 26.7 Å². The number of aromatic nitrogens is 2. The number of halogens is 1. The molecule has 5 heteroatoms. The summed E-state index contributed by atoms with van der Waals surface area (Å²) in [4.78, 5) is 10.5. The van der Waals surface area contributed by atoms with E-state index in [1.54, 1.807) is 16.8 Å². The van der Waals surface area contributed by atoms with E-state index in [4.69, 9.17) is 5.11 Å². The fourth-order valence-electron chi connectivity index (χ4n) is 2.07. The largest absolute Gasteiger partial charge is 0.478 e. The first-order valence-electron chi connectivity index (χ1n) is 6.83. The number of nitrogens with zero attached hydrogens (tertiary/aromatic N) is 2. The Morgan fingerprint density at radius 3 is 2.67 bits per heavy atom. The fourth-order valence-corrected chi connectivity index (χ4v) is 2.07. The van der Waals surface area contributed by atoms with Gasteiger partial charge in [0.1, 0.15) is 11.5 Å². The Hall–Kier alpha value is -2.43. The highest BCUT2D eigenvalue weighted by atomic mass is 19.1. The van der Waals surface area contributed by atoms with Gasteiger partial charge in [0.2, 0.25) is 0 Å². The number of carbonyl (C=O) groups is 1. The third-order valence-electron chi connectivity index (χ3n) is 3.18. The Kier molecular flexibility index (Phi) is 4.52. The first-order valence-corrected chi connectivity index (χ1v) is 6.83.